The number of hydrogen-bond donors (Lipinski definition) is 2. The quantitative estimate of drug-likeness (QED) is 0.690. The number of carbonyl (C=O) groups is 1. The van der Waals surface area contributed by atoms with Gasteiger partial charge in [0.05, 0.1) is 22.7 Å². The zero-order valence-corrected chi connectivity index (χ0v) is 17.5. The molecule has 0 spiro atoms. The summed E-state index contributed by atoms with van der Waals surface area (Å²) in [5.74, 6) is 0.0243. The highest BCUT2D eigenvalue weighted by atomic mass is 35.5. The van der Waals surface area contributed by atoms with Gasteiger partial charge in [-0.05, 0) is 37.1 Å². The van der Waals surface area contributed by atoms with Crippen molar-refractivity contribution in [2.75, 3.05) is 12.4 Å². The van der Waals surface area contributed by atoms with E-state index in [1.54, 1.807) is 24.3 Å². The van der Waals surface area contributed by atoms with E-state index in [0.717, 1.165) is 25.7 Å². The molecule has 0 unspecified atom stereocenters. The fraction of sp³-hybridized carbons (Fsp3) is 0.316. The molecule has 6 nitrogen and oxygen atoms in total. The normalized spacial score (nSPS) is 14.8. The van der Waals surface area contributed by atoms with Crippen molar-refractivity contribution in [1.29, 1.82) is 0 Å². The molecule has 2 N–H and O–H groups in total. The second-order valence-electron chi connectivity index (χ2n) is 6.55. The van der Waals surface area contributed by atoms with E-state index in [9.17, 15) is 13.2 Å². The van der Waals surface area contributed by atoms with Gasteiger partial charge in [-0.25, -0.2) is 13.1 Å². The Hall–Kier alpha value is -1.80. The smallest absolute Gasteiger partial charge is 0.257 e. The van der Waals surface area contributed by atoms with Crippen LogP contribution in [-0.4, -0.2) is 27.5 Å². The van der Waals surface area contributed by atoms with Crippen molar-refractivity contribution >= 4 is 44.8 Å². The van der Waals surface area contributed by atoms with Gasteiger partial charge in [0.1, 0.15) is 10.6 Å². The van der Waals surface area contributed by atoms with Crippen molar-refractivity contribution < 1.29 is 17.9 Å². The Balaban J connectivity index is 1.88. The van der Waals surface area contributed by atoms with Gasteiger partial charge in [-0.2, -0.15) is 0 Å². The molecule has 2 aromatic carbocycles. The SMILES string of the molecule is COc1cccc(NC(=O)c2cc(S(=O)(=O)NC3CCCC3)c(Cl)cc2Cl)c1. The van der Waals surface area contributed by atoms with E-state index in [4.69, 9.17) is 27.9 Å². The molecule has 0 saturated heterocycles. The van der Waals surface area contributed by atoms with Crippen LogP contribution in [0.5, 0.6) is 5.75 Å². The predicted molar refractivity (Wildman–Crippen MR) is 110 cm³/mol. The van der Waals surface area contributed by atoms with Gasteiger partial charge in [-0.1, -0.05) is 42.1 Å². The fourth-order valence-electron chi connectivity index (χ4n) is 3.13. The molecule has 0 atom stereocenters. The number of anilines is 1. The predicted octanol–water partition coefficient (Wildman–Crippen LogP) is 4.48. The Labute approximate surface area is 174 Å². The van der Waals surface area contributed by atoms with Gasteiger partial charge in [0, 0.05) is 17.8 Å². The van der Waals surface area contributed by atoms with Gasteiger partial charge in [0.25, 0.3) is 5.91 Å². The average molecular weight is 443 g/mol. The first-order valence-corrected chi connectivity index (χ1v) is 11.0. The molecule has 28 heavy (non-hydrogen) atoms. The third kappa shape index (κ3) is 4.78. The number of methoxy groups -OCH3 is 1. The Morgan fingerprint density at radius 3 is 2.50 bits per heavy atom. The maximum atomic E-state index is 12.8. The minimum atomic E-state index is -3.87. The minimum absolute atomic E-state index is 0.0145. The second-order valence-corrected chi connectivity index (χ2v) is 9.05. The maximum Gasteiger partial charge on any atom is 0.257 e. The Morgan fingerprint density at radius 2 is 1.82 bits per heavy atom. The zero-order valence-electron chi connectivity index (χ0n) is 15.2. The first kappa shape index (κ1) is 20.9. The van der Waals surface area contributed by atoms with Crippen LogP contribution in [0.25, 0.3) is 0 Å². The lowest BCUT2D eigenvalue weighted by Crippen LogP contribution is -2.33. The molecule has 1 aliphatic rings. The van der Waals surface area contributed by atoms with Crippen molar-refractivity contribution in [3.8, 4) is 5.75 Å². The number of sulfonamides is 1. The number of carbonyl (C=O) groups excluding carboxylic acids is 1. The summed E-state index contributed by atoms with van der Waals surface area (Å²) in [6.45, 7) is 0. The summed E-state index contributed by atoms with van der Waals surface area (Å²) in [5, 5.41) is 2.71. The van der Waals surface area contributed by atoms with Crippen molar-refractivity contribution in [2.45, 2.75) is 36.6 Å². The number of amides is 1. The molecule has 0 radical (unpaired) electrons. The van der Waals surface area contributed by atoms with Crippen LogP contribution in [0, 0.1) is 0 Å². The Morgan fingerprint density at radius 1 is 1.11 bits per heavy atom. The van der Waals surface area contributed by atoms with Crippen molar-refractivity contribution in [3.05, 3.63) is 52.0 Å². The van der Waals surface area contributed by atoms with E-state index in [1.165, 1.54) is 19.2 Å². The van der Waals surface area contributed by atoms with E-state index in [2.05, 4.69) is 10.0 Å². The van der Waals surface area contributed by atoms with Crippen LogP contribution in [0.2, 0.25) is 10.0 Å². The largest absolute Gasteiger partial charge is 0.497 e. The molecular weight excluding hydrogens is 423 g/mol. The van der Waals surface area contributed by atoms with Crippen LogP contribution in [-0.2, 0) is 10.0 Å². The van der Waals surface area contributed by atoms with Gasteiger partial charge in [0.2, 0.25) is 10.0 Å². The summed E-state index contributed by atoms with van der Waals surface area (Å²) in [4.78, 5) is 12.5. The van der Waals surface area contributed by atoms with Crippen LogP contribution in [0.4, 0.5) is 5.69 Å². The topological polar surface area (TPSA) is 84.5 Å². The average Bonchev–Trinajstić information content (AvgIpc) is 3.13. The van der Waals surface area contributed by atoms with E-state index in [0.29, 0.717) is 11.4 Å². The van der Waals surface area contributed by atoms with Crippen LogP contribution >= 0.6 is 23.2 Å². The van der Waals surface area contributed by atoms with Crippen molar-refractivity contribution in [3.63, 3.8) is 0 Å². The molecular formula is C19H20Cl2N2O4S. The molecule has 9 heteroatoms. The summed E-state index contributed by atoms with van der Waals surface area (Å²) in [6.07, 6.45) is 3.53. The highest BCUT2D eigenvalue weighted by Gasteiger charge is 2.27. The van der Waals surface area contributed by atoms with E-state index >= 15 is 0 Å². The molecule has 0 aromatic heterocycles. The molecule has 1 aliphatic carbocycles. The lowest BCUT2D eigenvalue weighted by atomic mass is 10.2. The molecule has 2 aromatic rings. The first-order valence-electron chi connectivity index (χ1n) is 8.77. The summed E-state index contributed by atoms with van der Waals surface area (Å²) in [7, 11) is -2.35. The van der Waals surface area contributed by atoms with Gasteiger partial charge in [-0.3, -0.25) is 4.79 Å². The molecule has 0 aliphatic heterocycles. The summed E-state index contributed by atoms with van der Waals surface area (Å²) >= 11 is 12.3. The number of benzene rings is 2. The number of halogens is 2. The monoisotopic (exact) mass is 442 g/mol. The third-order valence-electron chi connectivity index (χ3n) is 4.56. The van der Waals surface area contributed by atoms with Crippen molar-refractivity contribution in [1.82, 2.24) is 4.72 Å². The molecule has 1 amide bonds. The molecule has 0 heterocycles. The molecule has 1 fully saturated rings. The fourth-order valence-corrected chi connectivity index (χ4v) is 5.30. The van der Waals surface area contributed by atoms with Crippen LogP contribution in [0.3, 0.4) is 0 Å². The van der Waals surface area contributed by atoms with E-state index in [1.807, 2.05) is 0 Å². The van der Waals surface area contributed by atoms with Gasteiger partial charge in [0.15, 0.2) is 0 Å². The highest BCUT2D eigenvalue weighted by Crippen LogP contribution is 2.30. The standard InChI is InChI=1S/C19H20Cl2N2O4S/c1-27-14-8-4-7-13(9-14)22-19(24)15-10-18(17(21)11-16(15)20)28(25,26)23-12-5-2-3-6-12/h4,7-12,23H,2-3,5-6H2,1H3,(H,22,24). The summed E-state index contributed by atoms with van der Waals surface area (Å²) < 4.78 is 33.3. The molecule has 150 valence electrons. The minimum Gasteiger partial charge on any atom is -0.497 e. The number of ether oxygens (including phenoxy) is 1. The first-order chi connectivity index (χ1) is 13.3. The third-order valence-corrected chi connectivity index (χ3v) is 6.86. The number of nitrogens with one attached hydrogen (secondary N) is 2. The van der Waals surface area contributed by atoms with Gasteiger partial charge in [-0.15, -0.1) is 0 Å². The van der Waals surface area contributed by atoms with Crippen LogP contribution in [0.15, 0.2) is 41.3 Å². The Bertz CT molecular complexity index is 989. The highest BCUT2D eigenvalue weighted by molar-refractivity contribution is 7.89. The lowest BCUT2D eigenvalue weighted by molar-refractivity contribution is 0.102. The number of hydrogen-bond acceptors (Lipinski definition) is 4. The van der Waals surface area contributed by atoms with E-state index < -0.39 is 15.9 Å². The molecule has 3 rings (SSSR count). The number of rotatable bonds is 6. The summed E-state index contributed by atoms with van der Waals surface area (Å²) in [6, 6.07) is 9.14. The van der Waals surface area contributed by atoms with Gasteiger partial charge >= 0.3 is 0 Å². The maximum absolute atomic E-state index is 12.8. The second kappa shape index (κ2) is 8.69. The lowest BCUT2D eigenvalue weighted by Gasteiger charge is -2.15. The summed E-state index contributed by atoms with van der Waals surface area (Å²) in [5.41, 5.74) is 0.504. The molecule has 0 bridgehead atoms. The van der Waals surface area contributed by atoms with Crippen molar-refractivity contribution in [2.24, 2.45) is 0 Å². The van der Waals surface area contributed by atoms with E-state index in [-0.39, 0.29) is 26.5 Å². The van der Waals surface area contributed by atoms with Crippen LogP contribution in [0.1, 0.15) is 36.0 Å². The van der Waals surface area contributed by atoms with Gasteiger partial charge < -0.3 is 10.1 Å². The Kier molecular flexibility index (Phi) is 6.50. The molecule has 1 saturated carbocycles. The van der Waals surface area contributed by atoms with Crippen LogP contribution < -0.4 is 14.8 Å². The zero-order chi connectivity index (χ0) is 20.3.